The summed E-state index contributed by atoms with van der Waals surface area (Å²) in [6.45, 7) is 8.48. The lowest BCUT2D eigenvalue weighted by Gasteiger charge is -2.34. The summed E-state index contributed by atoms with van der Waals surface area (Å²) >= 11 is 0. The topological polar surface area (TPSA) is 66.0 Å². The van der Waals surface area contributed by atoms with Gasteiger partial charge in [0, 0.05) is 39.6 Å². The summed E-state index contributed by atoms with van der Waals surface area (Å²) in [6.07, 6.45) is 4.61. The van der Waals surface area contributed by atoms with Crippen molar-refractivity contribution in [2.45, 2.75) is 46.0 Å². The summed E-state index contributed by atoms with van der Waals surface area (Å²) in [5.74, 6) is 2.54. The van der Waals surface area contributed by atoms with Crippen molar-refractivity contribution < 1.29 is 9.53 Å². The molecule has 1 amide bonds. The number of rotatable bonds is 9. The van der Waals surface area contributed by atoms with Gasteiger partial charge in [-0.3, -0.25) is 9.79 Å². The summed E-state index contributed by atoms with van der Waals surface area (Å²) in [5.41, 5.74) is 1.25. The highest BCUT2D eigenvalue weighted by Gasteiger charge is 2.22. The summed E-state index contributed by atoms with van der Waals surface area (Å²) in [6, 6.07) is 8.30. The van der Waals surface area contributed by atoms with Gasteiger partial charge in [-0.1, -0.05) is 19.1 Å². The Bertz CT molecular complexity index is 625. The van der Waals surface area contributed by atoms with Crippen molar-refractivity contribution in [1.29, 1.82) is 0 Å². The summed E-state index contributed by atoms with van der Waals surface area (Å²) in [7, 11) is 1.71. The number of likely N-dealkylation sites (tertiary alicyclic amines) is 1. The number of hydrogen-bond acceptors (Lipinski definition) is 3. The SMILES string of the molecule is CCCOc1cccc(CCN=C(NCC)N2CCC(CC(=O)NC)CC2)c1. The second-order valence-electron chi connectivity index (χ2n) is 7.29. The number of amides is 1. The first kappa shape index (κ1) is 22.1. The van der Waals surface area contributed by atoms with E-state index in [0.29, 0.717) is 12.3 Å². The van der Waals surface area contributed by atoms with Crippen molar-refractivity contribution >= 4 is 11.9 Å². The molecule has 1 aromatic rings. The van der Waals surface area contributed by atoms with E-state index in [1.54, 1.807) is 7.05 Å². The minimum absolute atomic E-state index is 0.143. The molecule has 0 saturated carbocycles. The molecule has 1 aliphatic rings. The summed E-state index contributed by atoms with van der Waals surface area (Å²) < 4.78 is 5.72. The minimum Gasteiger partial charge on any atom is -0.494 e. The molecule has 0 aromatic heterocycles. The molecule has 0 atom stereocenters. The maximum absolute atomic E-state index is 11.6. The fourth-order valence-electron chi connectivity index (χ4n) is 3.44. The highest BCUT2D eigenvalue weighted by atomic mass is 16.5. The fourth-order valence-corrected chi connectivity index (χ4v) is 3.44. The van der Waals surface area contributed by atoms with Crippen LogP contribution in [-0.4, -0.2) is 56.6 Å². The molecule has 0 radical (unpaired) electrons. The number of carbonyl (C=O) groups excluding carboxylic acids is 1. The molecule has 1 saturated heterocycles. The lowest BCUT2D eigenvalue weighted by molar-refractivity contribution is -0.121. The molecule has 2 rings (SSSR count). The average molecular weight is 389 g/mol. The van der Waals surface area contributed by atoms with Gasteiger partial charge >= 0.3 is 0 Å². The van der Waals surface area contributed by atoms with E-state index in [4.69, 9.17) is 9.73 Å². The van der Waals surface area contributed by atoms with Crippen LogP contribution in [0.25, 0.3) is 0 Å². The van der Waals surface area contributed by atoms with Crippen molar-refractivity contribution in [3.63, 3.8) is 0 Å². The molecule has 28 heavy (non-hydrogen) atoms. The molecular weight excluding hydrogens is 352 g/mol. The van der Waals surface area contributed by atoms with Crippen molar-refractivity contribution in [1.82, 2.24) is 15.5 Å². The van der Waals surface area contributed by atoms with Crippen LogP contribution in [0.2, 0.25) is 0 Å². The minimum atomic E-state index is 0.143. The summed E-state index contributed by atoms with van der Waals surface area (Å²) in [4.78, 5) is 18.7. The predicted octanol–water partition coefficient (Wildman–Crippen LogP) is 2.83. The maximum atomic E-state index is 11.6. The van der Waals surface area contributed by atoms with Crippen LogP contribution in [0.1, 0.15) is 45.1 Å². The van der Waals surface area contributed by atoms with E-state index in [-0.39, 0.29) is 5.91 Å². The predicted molar refractivity (Wildman–Crippen MR) is 115 cm³/mol. The number of guanidine groups is 1. The third-order valence-corrected chi connectivity index (χ3v) is 5.04. The Morgan fingerprint density at radius 1 is 1.29 bits per heavy atom. The zero-order valence-electron chi connectivity index (χ0n) is 17.7. The van der Waals surface area contributed by atoms with Gasteiger partial charge in [-0.2, -0.15) is 0 Å². The Kier molecular flexibility index (Phi) is 9.66. The van der Waals surface area contributed by atoms with Crippen LogP contribution in [0.15, 0.2) is 29.3 Å². The zero-order valence-corrected chi connectivity index (χ0v) is 17.7. The van der Waals surface area contributed by atoms with E-state index in [1.807, 2.05) is 12.1 Å². The molecule has 6 heteroatoms. The van der Waals surface area contributed by atoms with Crippen molar-refractivity contribution in [3.8, 4) is 5.75 Å². The van der Waals surface area contributed by atoms with E-state index < -0.39 is 0 Å². The molecule has 2 N–H and O–H groups in total. The van der Waals surface area contributed by atoms with Crippen molar-refractivity contribution in [2.75, 3.05) is 39.8 Å². The van der Waals surface area contributed by atoms with E-state index in [2.05, 4.69) is 41.5 Å². The standard InChI is InChI=1S/C22H36N4O2/c1-4-15-28-20-8-6-7-18(16-20)9-12-25-22(24-5-2)26-13-10-19(11-14-26)17-21(27)23-3/h6-8,16,19H,4-5,9-15,17H2,1-3H3,(H,23,27)(H,24,25). The first-order chi connectivity index (χ1) is 13.7. The van der Waals surface area contributed by atoms with Gasteiger partial charge in [0.15, 0.2) is 5.96 Å². The molecule has 156 valence electrons. The maximum Gasteiger partial charge on any atom is 0.220 e. The molecule has 1 heterocycles. The van der Waals surface area contributed by atoms with Crippen LogP contribution in [0.4, 0.5) is 0 Å². The van der Waals surface area contributed by atoms with Gasteiger partial charge < -0.3 is 20.3 Å². The van der Waals surface area contributed by atoms with Gasteiger partial charge in [0.05, 0.1) is 6.61 Å². The molecule has 0 unspecified atom stereocenters. The van der Waals surface area contributed by atoms with Crippen LogP contribution in [0, 0.1) is 5.92 Å². The molecule has 0 spiro atoms. The van der Waals surface area contributed by atoms with Gasteiger partial charge in [0.1, 0.15) is 5.75 Å². The van der Waals surface area contributed by atoms with Gasteiger partial charge in [-0.05, 0) is 56.2 Å². The van der Waals surface area contributed by atoms with Gasteiger partial charge in [-0.25, -0.2) is 0 Å². The highest BCUT2D eigenvalue weighted by Crippen LogP contribution is 2.20. The number of aliphatic imine (C=N–C) groups is 1. The number of nitrogens with one attached hydrogen (secondary N) is 2. The first-order valence-corrected chi connectivity index (χ1v) is 10.6. The molecule has 1 fully saturated rings. The number of carbonyl (C=O) groups is 1. The van der Waals surface area contributed by atoms with Crippen LogP contribution >= 0.6 is 0 Å². The van der Waals surface area contributed by atoms with Crippen LogP contribution < -0.4 is 15.4 Å². The second-order valence-corrected chi connectivity index (χ2v) is 7.29. The normalized spacial score (nSPS) is 15.4. The lowest BCUT2D eigenvalue weighted by atomic mass is 9.93. The molecule has 1 aromatic carbocycles. The van der Waals surface area contributed by atoms with Gasteiger partial charge in [0.2, 0.25) is 5.91 Å². The van der Waals surface area contributed by atoms with Gasteiger partial charge in [-0.15, -0.1) is 0 Å². The van der Waals surface area contributed by atoms with E-state index >= 15 is 0 Å². The Morgan fingerprint density at radius 3 is 2.75 bits per heavy atom. The second kappa shape index (κ2) is 12.3. The molecular formula is C22H36N4O2. The van der Waals surface area contributed by atoms with Crippen LogP contribution in [-0.2, 0) is 11.2 Å². The number of hydrogen-bond donors (Lipinski definition) is 2. The third kappa shape index (κ3) is 7.41. The molecule has 1 aliphatic heterocycles. The van der Waals surface area contributed by atoms with Crippen LogP contribution in [0.5, 0.6) is 5.75 Å². The quantitative estimate of drug-likeness (QED) is 0.504. The number of nitrogens with zero attached hydrogens (tertiary/aromatic N) is 2. The largest absolute Gasteiger partial charge is 0.494 e. The third-order valence-electron chi connectivity index (χ3n) is 5.04. The Labute approximate surface area is 169 Å². The van der Waals surface area contributed by atoms with E-state index in [0.717, 1.165) is 70.2 Å². The first-order valence-electron chi connectivity index (χ1n) is 10.6. The van der Waals surface area contributed by atoms with E-state index in [9.17, 15) is 4.79 Å². The number of ether oxygens (including phenoxy) is 1. The van der Waals surface area contributed by atoms with Crippen molar-refractivity contribution in [2.24, 2.45) is 10.9 Å². The molecule has 6 nitrogen and oxygen atoms in total. The molecule has 0 aliphatic carbocycles. The zero-order chi connectivity index (χ0) is 20.2. The molecule has 0 bridgehead atoms. The Balaban J connectivity index is 1.86. The lowest BCUT2D eigenvalue weighted by Crippen LogP contribution is -2.46. The number of piperidine rings is 1. The van der Waals surface area contributed by atoms with E-state index in [1.165, 1.54) is 5.56 Å². The number of benzene rings is 1. The monoisotopic (exact) mass is 388 g/mol. The van der Waals surface area contributed by atoms with Crippen LogP contribution in [0.3, 0.4) is 0 Å². The Hall–Kier alpha value is -2.24. The smallest absolute Gasteiger partial charge is 0.220 e. The average Bonchev–Trinajstić information content (AvgIpc) is 2.72. The highest BCUT2D eigenvalue weighted by molar-refractivity contribution is 5.80. The van der Waals surface area contributed by atoms with Gasteiger partial charge in [0.25, 0.3) is 0 Å². The summed E-state index contributed by atoms with van der Waals surface area (Å²) in [5, 5.41) is 6.14. The Morgan fingerprint density at radius 2 is 2.07 bits per heavy atom. The van der Waals surface area contributed by atoms with Crippen molar-refractivity contribution in [3.05, 3.63) is 29.8 Å². The fraction of sp³-hybridized carbons (Fsp3) is 0.636.